The molecule has 0 aliphatic carbocycles. The Labute approximate surface area is 119 Å². The van der Waals surface area contributed by atoms with Crippen LogP contribution in [0.4, 0.5) is 4.39 Å². The maximum Gasteiger partial charge on any atom is 0.123 e. The summed E-state index contributed by atoms with van der Waals surface area (Å²) >= 11 is 0. The van der Waals surface area contributed by atoms with Crippen molar-refractivity contribution in [1.82, 2.24) is 15.1 Å². The second-order valence-electron chi connectivity index (χ2n) is 5.32. The van der Waals surface area contributed by atoms with E-state index in [2.05, 4.69) is 17.3 Å². The highest BCUT2D eigenvalue weighted by Gasteiger charge is 2.18. The SMILES string of the molecule is CNC(Cc1c(C)nn(C)c1C)c1ccc(F)cc1C. The van der Waals surface area contributed by atoms with Crippen molar-refractivity contribution in [3.8, 4) is 0 Å². The zero-order valence-electron chi connectivity index (χ0n) is 12.8. The Morgan fingerprint density at radius 1 is 1.30 bits per heavy atom. The highest BCUT2D eigenvalue weighted by molar-refractivity contribution is 5.33. The van der Waals surface area contributed by atoms with E-state index in [1.807, 2.05) is 38.7 Å². The van der Waals surface area contributed by atoms with Crippen molar-refractivity contribution in [3.05, 3.63) is 52.1 Å². The summed E-state index contributed by atoms with van der Waals surface area (Å²) in [6.45, 7) is 6.07. The van der Waals surface area contributed by atoms with Gasteiger partial charge in [0.05, 0.1) is 5.69 Å². The molecule has 108 valence electrons. The van der Waals surface area contributed by atoms with Crippen LogP contribution < -0.4 is 5.32 Å². The zero-order chi connectivity index (χ0) is 14.9. The van der Waals surface area contributed by atoms with Gasteiger partial charge in [0.15, 0.2) is 0 Å². The van der Waals surface area contributed by atoms with Crippen molar-refractivity contribution in [3.63, 3.8) is 0 Å². The monoisotopic (exact) mass is 275 g/mol. The van der Waals surface area contributed by atoms with Crippen molar-refractivity contribution >= 4 is 0 Å². The number of likely N-dealkylation sites (N-methyl/N-ethyl adjacent to an activating group) is 1. The number of nitrogens with zero attached hydrogens (tertiary/aromatic N) is 2. The number of aromatic nitrogens is 2. The molecule has 0 saturated carbocycles. The highest BCUT2D eigenvalue weighted by atomic mass is 19.1. The predicted octanol–water partition coefficient (Wildman–Crippen LogP) is 2.99. The number of hydrogen-bond donors (Lipinski definition) is 1. The van der Waals surface area contributed by atoms with E-state index in [1.165, 1.54) is 17.3 Å². The maximum atomic E-state index is 13.2. The summed E-state index contributed by atoms with van der Waals surface area (Å²) in [5.41, 5.74) is 5.61. The average molecular weight is 275 g/mol. The summed E-state index contributed by atoms with van der Waals surface area (Å²) in [7, 11) is 3.90. The molecule has 1 aromatic carbocycles. The normalized spacial score (nSPS) is 12.7. The zero-order valence-corrected chi connectivity index (χ0v) is 12.8. The number of aryl methyl sites for hydroxylation is 3. The molecule has 1 aromatic heterocycles. The molecule has 0 aliphatic rings. The molecule has 1 unspecified atom stereocenters. The summed E-state index contributed by atoms with van der Waals surface area (Å²) in [6.07, 6.45) is 0.856. The predicted molar refractivity (Wildman–Crippen MR) is 79.3 cm³/mol. The summed E-state index contributed by atoms with van der Waals surface area (Å²) in [4.78, 5) is 0. The fraction of sp³-hybridized carbons (Fsp3) is 0.438. The van der Waals surface area contributed by atoms with E-state index in [-0.39, 0.29) is 11.9 Å². The molecule has 0 bridgehead atoms. The van der Waals surface area contributed by atoms with Gasteiger partial charge in [0.25, 0.3) is 0 Å². The molecule has 0 saturated heterocycles. The van der Waals surface area contributed by atoms with Gasteiger partial charge in [-0.05, 0) is 63.1 Å². The number of rotatable bonds is 4. The standard InChI is InChI=1S/C16H22FN3/c1-10-8-13(17)6-7-14(10)16(18-4)9-15-11(2)19-20(5)12(15)3/h6-8,16,18H,9H2,1-5H3. The molecular formula is C16H22FN3. The lowest BCUT2D eigenvalue weighted by Gasteiger charge is -2.19. The van der Waals surface area contributed by atoms with Gasteiger partial charge in [0.2, 0.25) is 0 Å². The summed E-state index contributed by atoms with van der Waals surface area (Å²) in [5, 5.41) is 7.79. The number of halogens is 1. The molecular weight excluding hydrogens is 253 g/mol. The first-order valence-electron chi connectivity index (χ1n) is 6.86. The van der Waals surface area contributed by atoms with Gasteiger partial charge in [-0.3, -0.25) is 4.68 Å². The van der Waals surface area contributed by atoms with Crippen LogP contribution in [0.1, 0.15) is 34.1 Å². The van der Waals surface area contributed by atoms with Crippen LogP contribution in [0.2, 0.25) is 0 Å². The first-order valence-corrected chi connectivity index (χ1v) is 6.86. The molecule has 1 N–H and O–H groups in total. The van der Waals surface area contributed by atoms with Gasteiger partial charge in [-0.1, -0.05) is 6.07 Å². The maximum absolute atomic E-state index is 13.2. The fourth-order valence-electron chi connectivity index (χ4n) is 2.71. The van der Waals surface area contributed by atoms with E-state index < -0.39 is 0 Å². The molecule has 3 nitrogen and oxygen atoms in total. The Bertz CT molecular complexity index is 616. The van der Waals surface area contributed by atoms with Crippen molar-refractivity contribution < 1.29 is 4.39 Å². The lowest BCUT2D eigenvalue weighted by Crippen LogP contribution is -2.20. The minimum atomic E-state index is -0.185. The summed E-state index contributed by atoms with van der Waals surface area (Å²) in [6, 6.07) is 5.14. The van der Waals surface area contributed by atoms with Gasteiger partial charge >= 0.3 is 0 Å². The van der Waals surface area contributed by atoms with E-state index in [0.717, 1.165) is 23.2 Å². The molecule has 0 aliphatic heterocycles. The lowest BCUT2D eigenvalue weighted by atomic mass is 9.94. The molecule has 1 atom stereocenters. The van der Waals surface area contributed by atoms with Crippen molar-refractivity contribution in [2.24, 2.45) is 7.05 Å². The molecule has 0 radical (unpaired) electrons. The van der Waals surface area contributed by atoms with Crippen LogP contribution in [-0.2, 0) is 13.5 Å². The van der Waals surface area contributed by atoms with Gasteiger partial charge in [-0.2, -0.15) is 5.10 Å². The van der Waals surface area contributed by atoms with E-state index in [0.29, 0.717) is 0 Å². The Kier molecular flexibility index (Phi) is 4.23. The summed E-state index contributed by atoms with van der Waals surface area (Å²) in [5.74, 6) is -0.185. The van der Waals surface area contributed by atoms with Crippen LogP contribution in [0.15, 0.2) is 18.2 Å². The minimum absolute atomic E-state index is 0.164. The smallest absolute Gasteiger partial charge is 0.123 e. The third kappa shape index (κ3) is 2.75. The summed E-state index contributed by atoms with van der Waals surface area (Å²) < 4.78 is 15.2. The number of hydrogen-bond acceptors (Lipinski definition) is 2. The van der Waals surface area contributed by atoms with Gasteiger partial charge in [0, 0.05) is 18.8 Å². The number of nitrogens with one attached hydrogen (secondary N) is 1. The van der Waals surface area contributed by atoms with Crippen LogP contribution in [0.5, 0.6) is 0 Å². The van der Waals surface area contributed by atoms with Gasteiger partial charge in [-0.25, -0.2) is 4.39 Å². The second kappa shape index (κ2) is 5.75. The Morgan fingerprint density at radius 2 is 2.00 bits per heavy atom. The molecule has 2 aromatic rings. The topological polar surface area (TPSA) is 29.9 Å². The van der Waals surface area contributed by atoms with E-state index >= 15 is 0 Å². The molecule has 4 heteroatoms. The van der Waals surface area contributed by atoms with Crippen molar-refractivity contribution in [2.45, 2.75) is 33.2 Å². The van der Waals surface area contributed by atoms with Crippen LogP contribution in [0, 0.1) is 26.6 Å². The van der Waals surface area contributed by atoms with Crippen molar-refractivity contribution in [2.75, 3.05) is 7.05 Å². The van der Waals surface area contributed by atoms with Crippen LogP contribution in [0.25, 0.3) is 0 Å². The Hall–Kier alpha value is -1.68. The van der Waals surface area contributed by atoms with E-state index in [1.54, 1.807) is 6.07 Å². The van der Waals surface area contributed by atoms with Crippen LogP contribution >= 0.6 is 0 Å². The van der Waals surface area contributed by atoms with Gasteiger partial charge < -0.3 is 5.32 Å². The molecule has 0 spiro atoms. The Balaban J connectivity index is 2.33. The van der Waals surface area contributed by atoms with Gasteiger partial charge in [0.1, 0.15) is 5.82 Å². The van der Waals surface area contributed by atoms with Crippen LogP contribution in [-0.4, -0.2) is 16.8 Å². The largest absolute Gasteiger partial charge is 0.313 e. The van der Waals surface area contributed by atoms with Crippen LogP contribution in [0.3, 0.4) is 0 Å². The average Bonchev–Trinajstić information content (AvgIpc) is 2.62. The lowest BCUT2D eigenvalue weighted by molar-refractivity contribution is 0.579. The van der Waals surface area contributed by atoms with E-state index in [9.17, 15) is 4.39 Å². The quantitative estimate of drug-likeness (QED) is 0.929. The minimum Gasteiger partial charge on any atom is -0.313 e. The molecule has 0 amide bonds. The molecule has 0 fully saturated rings. The van der Waals surface area contributed by atoms with Gasteiger partial charge in [-0.15, -0.1) is 0 Å². The molecule has 2 rings (SSSR count). The first kappa shape index (κ1) is 14.7. The highest BCUT2D eigenvalue weighted by Crippen LogP contribution is 2.25. The fourth-order valence-corrected chi connectivity index (χ4v) is 2.71. The first-order chi connectivity index (χ1) is 9.43. The Morgan fingerprint density at radius 3 is 2.50 bits per heavy atom. The third-order valence-electron chi connectivity index (χ3n) is 4.02. The van der Waals surface area contributed by atoms with Crippen molar-refractivity contribution in [1.29, 1.82) is 0 Å². The molecule has 1 heterocycles. The third-order valence-corrected chi connectivity index (χ3v) is 4.02. The molecule has 20 heavy (non-hydrogen) atoms. The number of benzene rings is 1. The second-order valence-corrected chi connectivity index (χ2v) is 5.32. The van der Waals surface area contributed by atoms with E-state index in [4.69, 9.17) is 0 Å².